The van der Waals surface area contributed by atoms with Crippen LogP contribution in [0.5, 0.6) is 0 Å². The second kappa shape index (κ2) is 10.9. The second-order valence-corrected chi connectivity index (χ2v) is 11.8. The highest BCUT2D eigenvalue weighted by Gasteiger charge is 2.15. The Morgan fingerprint density at radius 2 is 0.957 bits per heavy atom. The SMILES string of the molecule is c1ccc(-c2cc(-c3ccccc3)nc(-c3ccc(-c4ccc(-n5c6ccccc6c6cc7nsnc7cc65)cc4)cc3)n2)cc1. The molecule has 46 heavy (non-hydrogen) atoms. The predicted octanol–water partition coefficient (Wildman–Crippen LogP) is 10.2. The monoisotopic (exact) mass is 607 g/mol. The second-order valence-electron chi connectivity index (χ2n) is 11.3. The molecule has 0 unspecified atom stereocenters. The molecule has 0 atom stereocenters. The lowest BCUT2D eigenvalue weighted by atomic mass is 10.0. The summed E-state index contributed by atoms with van der Waals surface area (Å²) in [4.78, 5) is 9.97. The average molecular weight is 608 g/mol. The molecular weight excluding hydrogens is 583 g/mol. The first-order valence-electron chi connectivity index (χ1n) is 15.2. The molecule has 216 valence electrons. The van der Waals surface area contributed by atoms with Crippen molar-refractivity contribution in [2.24, 2.45) is 0 Å². The van der Waals surface area contributed by atoms with Gasteiger partial charge >= 0.3 is 0 Å². The van der Waals surface area contributed by atoms with E-state index in [1.165, 1.54) is 28.0 Å². The fraction of sp³-hybridized carbons (Fsp3) is 0. The van der Waals surface area contributed by atoms with Crippen molar-refractivity contribution in [2.75, 3.05) is 0 Å². The summed E-state index contributed by atoms with van der Waals surface area (Å²) in [6.07, 6.45) is 0. The number of para-hydroxylation sites is 1. The van der Waals surface area contributed by atoms with E-state index in [-0.39, 0.29) is 0 Å². The van der Waals surface area contributed by atoms with Gasteiger partial charge in [0.25, 0.3) is 0 Å². The number of benzene rings is 6. The van der Waals surface area contributed by atoms with Crippen molar-refractivity contribution in [3.8, 4) is 50.7 Å². The summed E-state index contributed by atoms with van der Waals surface area (Å²) in [5.41, 5.74) is 12.5. The van der Waals surface area contributed by atoms with Crippen LogP contribution in [0.1, 0.15) is 0 Å². The Balaban J connectivity index is 1.08. The van der Waals surface area contributed by atoms with Crippen LogP contribution in [0.4, 0.5) is 0 Å². The van der Waals surface area contributed by atoms with Crippen LogP contribution in [-0.4, -0.2) is 23.3 Å². The third kappa shape index (κ3) is 4.55. The van der Waals surface area contributed by atoms with E-state index in [0.29, 0.717) is 5.82 Å². The lowest BCUT2D eigenvalue weighted by molar-refractivity contribution is 1.18. The van der Waals surface area contributed by atoms with Gasteiger partial charge in [-0.3, -0.25) is 0 Å². The van der Waals surface area contributed by atoms with Gasteiger partial charge in [-0.15, -0.1) is 0 Å². The van der Waals surface area contributed by atoms with Crippen LogP contribution in [0.2, 0.25) is 0 Å². The molecule has 0 saturated carbocycles. The van der Waals surface area contributed by atoms with Gasteiger partial charge in [0.15, 0.2) is 5.82 Å². The first-order valence-corrected chi connectivity index (χ1v) is 15.9. The van der Waals surface area contributed by atoms with E-state index in [4.69, 9.17) is 9.97 Å². The van der Waals surface area contributed by atoms with Gasteiger partial charge in [-0.05, 0) is 47.5 Å². The molecule has 5 nitrogen and oxygen atoms in total. The van der Waals surface area contributed by atoms with Gasteiger partial charge in [0.05, 0.1) is 34.1 Å². The van der Waals surface area contributed by atoms with Crippen molar-refractivity contribution < 1.29 is 0 Å². The van der Waals surface area contributed by atoms with Gasteiger partial charge in [-0.1, -0.05) is 115 Å². The van der Waals surface area contributed by atoms with E-state index >= 15 is 0 Å². The molecule has 0 spiro atoms. The minimum atomic E-state index is 0.706. The largest absolute Gasteiger partial charge is 0.309 e. The van der Waals surface area contributed by atoms with E-state index in [1.807, 2.05) is 36.4 Å². The minimum Gasteiger partial charge on any atom is -0.309 e. The van der Waals surface area contributed by atoms with E-state index < -0.39 is 0 Å². The first kappa shape index (κ1) is 26.4. The summed E-state index contributed by atoms with van der Waals surface area (Å²) in [6.45, 7) is 0. The Labute approximate surface area is 269 Å². The Morgan fingerprint density at radius 1 is 0.413 bits per heavy atom. The van der Waals surface area contributed by atoms with Gasteiger partial charge in [-0.25, -0.2) is 9.97 Å². The molecule has 0 aliphatic heterocycles. The molecule has 9 rings (SSSR count). The van der Waals surface area contributed by atoms with E-state index in [9.17, 15) is 0 Å². The zero-order valence-corrected chi connectivity index (χ0v) is 25.4. The fourth-order valence-electron chi connectivity index (χ4n) is 6.23. The number of aromatic nitrogens is 5. The molecule has 6 aromatic carbocycles. The van der Waals surface area contributed by atoms with Crippen LogP contribution in [-0.2, 0) is 0 Å². The standard InChI is InChI=1S/C40H25N5S/c1-3-9-28(10-4-1)34-24-35(29-11-5-2-6-12-29)42-40(41-34)30-17-15-26(16-18-30)27-19-21-31(22-20-27)45-38-14-8-7-13-32(38)33-23-36-37(25-39(33)45)44-46-43-36/h1-25H. The molecule has 3 aromatic heterocycles. The Kier molecular flexibility index (Phi) is 6.25. The zero-order chi connectivity index (χ0) is 30.5. The van der Waals surface area contributed by atoms with Crippen LogP contribution in [0.15, 0.2) is 152 Å². The highest BCUT2D eigenvalue weighted by molar-refractivity contribution is 7.00. The summed E-state index contributed by atoms with van der Waals surface area (Å²) in [6, 6.07) is 52.8. The van der Waals surface area contributed by atoms with Crippen molar-refractivity contribution in [3.05, 3.63) is 152 Å². The van der Waals surface area contributed by atoms with Gasteiger partial charge in [0, 0.05) is 33.2 Å². The van der Waals surface area contributed by atoms with Crippen molar-refractivity contribution in [1.82, 2.24) is 23.3 Å². The molecule has 6 heteroatoms. The smallest absolute Gasteiger partial charge is 0.160 e. The molecule has 3 heterocycles. The fourth-order valence-corrected chi connectivity index (χ4v) is 6.74. The van der Waals surface area contributed by atoms with Crippen LogP contribution in [0, 0.1) is 0 Å². The van der Waals surface area contributed by atoms with Crippen LogP contribution >= 0.6 is 11.7 Å². The topological polar surface area (TPSA) is 56.5 Å². The van der Waals surface area contributed by atoms with Crippen LogP contribution < -0.4 is 0 Å². The maximum Gasteiger partial charge on any atom is 0.160 e. The molecule has 0 aliphatic rings. The molecule has 0 radical (unpaired) electrons. The first-order chi connectivity index (χ1) is 22.8. The highest BCUT2D eigenvalue weighted by atomic mass is 32.1. The maximum atomic E-state index is 4.99. The van der Waals surface area contributed by atoms with Crippen LogP contribution in [0.25, 0.3) is 83.6 Å². The van der Waals surface area contributed by atoms with Crippen molar-refractivity contribution >= 4 is 44.6 Å². The van der Waals surface area contributed by atoms with Gasteiger partial charge in [0.1, 0.15) is 11.0 Å². The van der Waals surface area contributed by atoms with Crippen molar-refractivity contribution in [2.45, 2.75) is 0 Å². The molecule has 0 saturated heterocycles. The highest BCUT2D eigenvalue weighted by Crippen LogP contribution is 2.35. The summed E-state index contributed by atoms with van der Waals surface area (Å²) in [5.74, 6) is 0.706. The normalized spacial score (nSPS) is 11.5. The van der Waals surface area contributed by atoms with Gasteiger partial charge in [-0.2, -0.15) is 8.75 Å². The Morgan fingerprint density at radius 3 is 1.61 bits per heavy atom. The van der Waals surface area contributed by atoms with E-state index in [0.717, 1.165) is 61.4 Å². The van der Waals surface area contributed by atoms with Crippen molar-refractivity contribution in [1.29, 1.82) is 0 Å². The number of hydrogen-bond donors (Lipinski definition) is 0. The van der Waals surface area contributed by atoms with E-state index in [1.54, 1.807) is 0 Å². The third-order valence-electron chi connectivity index (χ3n) is 8.51. The lowest BCUT2D eigenvalue weighted by Crippen LogP contribution is -1.96. The Bertz CT molecular complexity index is 2440. The van der Waals surface area contributed by atoms with Gasteiger partial charge in [0.2, 0.25) is 0 Å². The third-order valence-corrected chi connectivity index (χ3v) is 9.07. The molecule has 0 N–H and O–H groups in total. The predicted molar refractivity (Wildman–Crippen MR) is 189 cm³/mol. The van der Waals surface area contributed by atoms with Crippen LogP contribution in [0.3, 0.4) is 0 Å². The summed E-state index contributed by atoms with van der Waals surface area (Å²) >= 11 is 1.25. The summed E-state index contributed by atoms with van der Waals surface area (Å²) in [7, 11) is 0. The van der Waals surface area contributed by atoms with Gasteiger partial charge < -0.3 is 4.57 Å². The molecule has 0 amide bonds. The maximum absolute atomic E-state index is 4.99. The molecule has 9 aromatic rings. The molecular formula is C40H25N5S. The summed E-state index contributed by atoms with van der Waals surface area (Å²) < 4.78 is 11.3. The molecule has 0 aliphatic carbocycles. The number of hydrogen-bond acceptors (Lipinski definition) is 5. The quantitative estimate of drug-likeness (QED) is 0.195. The number of rotatable bonds is 5. The molecule has 0 bridgehead atoms. The van der Waals surface area contributed by atoms with Crippen molar-refractivity contribution in [3.63, 3.8) is 0 Å². The Hall–Kier alpha value is -5.98. The molecule has 0 fully saturated rings. The minimum absolute atomic E-state index is 0.706. The van der Waals surface area contributed by atoms with E-state index in [2.05, 4.69) is 129 Å². The lowest BCUT2D eigenvalue weighted by Gasteiger charge is -2.11. The number of nitrogens with zero attached hydrogens (tertiary/aromatic N) is 5. The average Bonchev–Trinajstić information content (AvgIpc) is 3.73. The summed E-state index contributed by atoms with van der Waals surface area (Å²) in [5, 5.41) is 2.39. The zero-order valence-electron chi connectivity index (χ0n) is 24.6. The number of fused-ring (bicyclic) bond motifs is 4.